The number of anilines is 1. The number of amides is 1. The second kappa shape index (κ2) is 10.1. The molecule has 2 aliphatic heterocycles. The van der Waals surface area contributed by atoms with E-state index in [1.54, 1.807) is 13.2 Å². The molecule has 3 heterocycles. The topological polar surface area (TPSA) is 81.8 Å². The van der Waals surface area contributed by atoms with Gasteiger partial charge >= 0.3 is 0 Å². The Kier molecular flexibility index (Phi) is 6.64. The number of methoxy groups -OCH3 is 1. The third kappa shape index (κ3) is 4.41. The molecule has 2 fully saturated rings. The molecular formula is C29H32ClN5O2. The van der Waals surface area contributed by atoms with Gasteiger partial charge in [0, 0.05) is 31.7 Å². The molecule has 2 aliphatic carbocycles. The first kappa shape index (κ1) is 24.4. The van der Waals surface area contributed by atoms with E-state index in [1.807, 2.05) is 23.1 Å². The fraction of sp³-hybridized carbons (Fsp3) is 0.517. The van der Waals surface area contributed by atoms with Crippen LogP contribution in [0.4, 0.5) is 5.69 Å². The highest BCUT2D eigenvalue weighted by Gasteiger charge is 2.46. The highest BCUT2D eigenvalue weighted by Crippen LogP contribution is 2.45. The quantitative estimate of drug-likeness (QED) is 0.556. The van der Waals surface area contributed by atoms with Gasteiger partial charge in [-0.3, -0.25) is 9.80 Å². The second-order valence-corrected chi connectivity index (χ2v) is 11.1. The molecule has 2 aromatic rings. The largest absolute Gasteiger partial charge is 0.381 e. The van der Waals surface area contributed by atoms with E-state index >= 15 is 0 Å². The van der Waals surface area contributed by atoms with Crippen LogP contribution < -0.4 is 5.01 Å². The van der Waals surface area contributed by atoms with Gasteiger partial charge in [-0.2, -0.15) is 10.4 Å². The van der Waals surface area contributed by atoms with E-state index in [2.05, 4.69) is 17.1 Å². The van der Waals surface area contributed by atoms with Crippen molar-refractivity contribution in [3.63, 3.8) is 0 Å². The Hall–Kier alpha value is -2.95. The number of hydrazone groups is 1. The molecule has 2 atom stereocenters. The number of hydrogen-bond acceptors (Lipinski definition) is 6. The van der Waals surface area contributed by atoms with Crippen LogP contribution in [0.2, 0.25) is 5.02 Å². The summed E-state index contributed by atoms with van der Waals surface area (Å²) < 4.78 is 5.45. The van der Waals surface area contributed by atoms with Crippen molar-refractivity contribution in [2.45, 2.75) is 63.5 Å². The first-order chi connectivity index (χ1) is 18.1. The maximum atomic E-state index is 13.2. The maximum absolute atomic E-state index is 13.2. The monoisotopic (exact) mass is 517 g/mol. The number of rotatable bonds is 4. The van der Waals surface area contributed by atoms with Gasteiger partial charge in [-0.05, 0) is 74.8 Å². The van der Waals surface area contributed by atoms with E-state index in [4.69, 9.17) is 26.4 Å². The lowest BCUT2D eigenvalue weighted by Gasteiger charge is -2.34. The number of aryl methyl sites for hydroxylation is 1. The van der Waals surface area contributed by atoms with Crippen LogP contribution in [0.25, 0.3) is 0 Å². The van der Waals surface area contributed by atoms with Crippen LogP contribution in [0.15, 0.2) is 35.4 Å². The van der Waals surface area contributed by atoms with Crippen molar-refractivity contribution < 1.29 is 9.53 Å². The molecule has 1 saturated carbocycles. The van der Waals surface area contributed by atoms with Gasteiger partial charge in [0.1, 0.15) is 11.8 Å². The Morgan fingerprint density at radius 2 is 1.89 bits per heavy atom. The summed E-state index contributed by atoms with van der Waals surface area (Å²) in [4.78, 5) is 20.0. The molecule has 0 unspecified atom stereocenters. The number of piperidine rings is 1. The van der Waals surface area contributed by atoms with E-state index in [9.17, 15) is 10.1 Å². The molecule has 0 bridgehead atoms. The molecule has 1 amide bonds. The van der Waals surface area contributed by atoms with Crippen LogP contribution in [0, 0.1) is 23.2 Å². The van der Waals surface area contributed by atoms with Gasteiger partial charge in [-0.25, -0.2) is 4.98 Å². The number of carbonyl (C=O) groups excluding carboxylic acids is 1. The van der Waals surface area contributed by atoms with E-state index < -0.39 is 0 Å². The standard InChI is InChI=1S/C29H32ClN5O2/c1-37-21-12-14-34(15-13-21)29(36)26-11-8-22-25(32-26)10-9-23-27(22)33-35(28(23)18-4-2-3-5-18)20-7-6-19(17-31)24(30)16-20/h6-8,11,16,18,21,23,28H,2-5,9-10,12-15H2,1H3/t23-,28-/m0/s1. The molecule has 6 rings (SSSR count). The molecule has 1 saturated heterocycles. The van der Waals surface area contributed by atoms with Gasteiger partial charge in [0.15, 0.2) is 0 Å². The Morgan fingerprint density at radius 1 is 1.11 bits per heavy atom. The van der Waals surface area contributed by atoms with Crippen LogP contribution in [-0.2, 0) is 11.2 Å². The SMILES string of the molecule is COC1CCN(C(=O)c2ccc3c(n2)CC[C@H]2C3=NN(c3ccc(C#N)c(Cl)c3)[C@H]2C2CCCC2)CC1. The van der Waals surface area contributed by atoms with E-state index in [0.29, 0.717) is 41.2 Å². The number of hydrogen-bond donors (Lipinski definition) is 0. The zero-order chi connectivity index (χ0) is 25.5. The summed E-state index contributed by atoms with van der Waals surface area (Å²) in [5.74, 6) is 0.901. The summed E-state index contributed by atoms with van der Waals surface area (Å²) in [6, 6.07) is 12.0. The number of pyridine rings is 1. The van der Waals surface area contributed by atoms with Crippen LogP contribution in [0.5, 0.6) is 0 Å². The zero-order valence-electron chi connectivity index (χ0n) is 21.2. The molecule has 0 N–H and O–H groups in total. The molecule has 4 aliphatic rings. The highest BCUT2D eigenvalue weighted by atomic mass is 35.5. The summed E-state index contributed by atoms with van der Waals surface area (Å²) in [5, 5.41) is 17.1. The third-order valence-corrected chi connectivity index (χ3v) is 9.02. The Bertz CT molecular complexity index is 1270. The predicted octanol–water partition coefficient (Wildman–Crippen LogP) is 5.20. The Labute approximate surface area is 223 Å². The molecule has 192 valence electrons. The average Bonchev–Trinajstić information content (AvgIpc) is 3.60. The Balaban J connectivity index is 1.31. The first-order valence-electron chi connectivity index (χ1n) is 13.5. The number of carbonyl (C=O) groups is 1. The number of fused-ring (bicyclic) bond motifs is 3. The highest BCUT2D eigenvalue weighted by molar-refractivity contribution is 6.32. The number of ether oxygens (including phenoxy) is 1. The molecule has 7 nitrogen and oxygen atoms in total. The molecule has 1 aromatic heterocycles. The van der Waals surface area contributed by atoms with Gasteiger partial charge in [0.05, 0.1) is 39.8 Å². The van der Waals surface area contributed by atoms with Crippen molar-refractivity contribution in [1.29, 1.82) is 5.26 Å². The normalized spacial score (nSPS) is 24.0. The van der Waals surface area contributed by atoms with E-state index in [1.165, 1.54) is 25.7 Å². The minimum atomic E-state index is 0.00511. The molecule has 8 heteroatoms. The lowest BCUT2D eigenvalue weighted by atomic mass is 9.76. The summed E-state index contributed by atoms with van der Waals surface area (Å²) in [5.41, 5.74) is 5.04. The van der Waals surface area contributed by atoms with Crippen LogP contribution >= 0.6 is 11.6 Å². The number of likely N-dealkylation sites (tertiary alicyclic amines) is 1. The lowest BCUT2D eigenvalue weighted by Crippen LogP contribution is -2.41. The van der Waals surface area contributed by atoms with Crippen molar-refractivity contribution in [2.24, 2.45) is 16.9 Å². The number of aromatic nitrogens is 1. The minimum Gasteiger partial charge on any atom is -0.381 e. The van der Waals surface area contributed by atoms with E-state index in [-0.39, 0.29) is 18.1 Å². The minimum absolute atomic E-state index is 0.00511. The summed E-state index contributed by atoms with van der Waals surface area (Å²) in [6.45, 7) is 1.41. The summed E-state index contributed by atoms with van der Waals surface area (Å²) in [6.07, 6.45) is 8.72. The number of benzene rings is 1. The average molecular weight is 518 g/mol. The maximum Gasteiger partial charge on any atom is 0.272 e. The van der Waals surface area contributed by atoms with Gasteiger partial charge in [0.2, 0.25) is 0 Å². The number of halogens is 1. The van der Waals surface area contributed by atoms with Gasteiger partial charge in [-0.15, -0.1) is 0 Å². The van der Waals surface area contributed by atoms with Crippen molar-refractivity contribution in [1.82, 2.24) is 9.88 Å². The third-order valence-electron chi connectivity index (χ3n) is 8.71. The number of nitrogens with zero attached hydrogens (tertiary/aromatic N) is 5. The van der Waals surface area contributed by atoms with Crippen molar-refractivity contribution in [3.05, 3.63) is 57.9 Å². The van der Waals surface area contributed by atoms with Crippen molar-refractivity contribution >= 4 is 28.9 Å². The zero-order valence-corrected chi connectivity index (χ0v) is 22.0. The number of nitriles is 1. The summed E-state index contributed by atoms with van der Waals surface area (Å²) >= 11 is 6.43. The van der Waals surface area contributed by atoms with Gasteiger partial charge in [0.25, 0.3) is 5.91 Å². The second-order valence-electron chi connectivity index (χ2n) is 10.7. The lowest BCUT2D eigenvalue weighted by molar-refractivity contribution is 0.0347. The van der Waals surface area contributed by atoms with Crippen molar-refractivity contribution in [2.75, 3.05) is 25.2 Å². The van der Waals surface area contributed by atoms with Gasteiger partial charge in [-0.1, -0.05) is 24.4 Å². The van der Waals surface area contributed by atoms with Crippen molar-refractivity contribution in [3.8, 4) is 6.07 Å². The molecule has 0 spiro atoms. The van der Waals surface area contributed by atoms with Crippen LogP contribution in [0.3, 0.4) is 0 Å². The fourth-order valence-corrected chi connectivity index (χ4v) is 6.95. The summed E-state index contributed by atoms with van der Waals surface area (Å²) in [7, 11) is 1.74. The molecule has 1 aromatic carbocycles. The first-order valence-corrected chi connectivity index (χ1v) is 13.8. The molecule has 37 heavy (non-hydrogen) atoms. The van der Waals surface area contributed by atoms with Gasteiger partial charge < -0.3 is 9.64 Å². The van der Waals surface area contributed by atoms with E-state index in [0.717, 1.165) is 48.3 Å². The smallest absolute Gasteiger partial charge is 0.272 e. The predicted molar refractivity (Wildman–Crippen MR) is 143 cm³/mol. The Morgan fingerprint density at radius 3 is 2.59 bits per heavy atom. The fourth-order valence-electron chi connectivity index (χ4n) is 6.74. The van der Waals surface area contributed by atoms with Crippen LogP contribution in [0.1, 0.15) is 72.3 Å². The van der Waals surface area contributed by atoms with Crippen LogP contribution in [-0.4, -0.2) is 53.8 Å². The molecule has 0 radical (unpaired) electrons. The molecular weight excluding hydrogens is 486 g/mol.